The van der Waals surface area contributed by atoms with Crippen LogP contribution in [-0.2, 0) is 17.8 Å². The molecule has 1 N–H and O–H groups in total. The number of hydrogen-bond donors (Lipinski definition) is 1. The van der Waals surface area contributed by atoms with Gasteiger partial charge in [-0.2, -0.15) is 5.10 Å². The van der Waals surface area contributed by atoms with Gasteiger partial charge in [-0.25, -0.2) is 4.98 Å². The Bertz CT molecular complexity index is 1490. The van der Waals surface area contributed by atoms with E-state index < -0.39 is 0 Å². The molecule has 1 fully saturated rings. The number of aromatic nitrogens is 4. The molecule has 4 aromatic rings. The third-order valence-corrected chi connectivity index (χ3v) is 6.84. The number of rotatable bonds is 7. The molecule has 1 amide bonds. The van der Waals surface area contributed by atoms with Crippen LogP contribution in [0.2, 0.25) is 0 Å². The molecule has 0 unspecified atom stereocenters. The number of nitrogens with zero attached hydrogens (tertiary/aromatic N) is 5. The molecule has 0 spiro atoms. The first-order valence-electron chi connectivity index (χ1n) is 11.9. The molecule has 8 heteroatoms. The summed E-state index contributed by atoms with van der Waals surface area (Å²) in [5.41, 5.74) is 4.81. The van der Waals surface area contributed by atoms with Gasteiger partial charge in [0.15, 0.2) is 0 Å². The van der Waals surface area contributed by atoms with E-state index in [0.29, 0.717) is 37.0 Å². The van der Waals surface area contributed by atoms with Crippen molar-refractivity contribution >= 4 is 27.7 Å². The van der Waals surface area contributed by atoms with E-state index in [9.17, 15) is 9.59 Å². The van der Waals surface area contributed by atoms with Crippen LogP contribution in [0.15, 0.2) is 54.0 Å². The molecule has 1 saturated heterocycles. The zero-order valence-corrected chi connectivity index (χ0v) is 20.4. The van der Waals surface area contributed by atoms with E-state index in [2.05, 4.69) is 34.7 Å². The minimum absolute atomic E-state index is 0.0240. The fraction of sp³-hybridized carbons (Fsp3) is 0.333. The number of benzene rings is 2. The van der Waals surface area contributed by atoms with Gasteiger partial charge < -0.3 is 9.80 Å². The Morgan fingerprint density at radius 2 is 2.03 bits per heavy atom. The van der Waals surface area contributed by atoms with Crippen LogP contribution >= 0.6 is 0 Å². The van der Waals surface area contributed by atoms with E-state index in [4.69, 9.17) is 4.98 Å². The molecule has 0 atom stereocenters. The average Bonchev–Trinajstić information content (AvgIpc) is 3.28. The van der Waals surface area contributed by atoms with E-state index >= 15 is 0 Å². The summed E-state index contributed by atoms with van der Waals surface area (Å²) in [6.07, 6.45) is 3.84. The monoisotopic (exact) mass is 470 g/mol. The Kier molecular flexibility index (Phi) is 5.98. The van der Waals surface area contributed by atoms with Crippen molar-refractivity contribution in [2.45, 2.75) is 19.9 Å². The lowest BCUT2D eigenvalue weighted by Crippen LogP contribution is -2.50. The number of nitrogens with one attached hydrogen (secondary N) is 1. The lowest BCUT2D eigenvalue weighted by molar-refractivity contribution is -0.132. The van der Waals surface area contributed by atoms with Crippen LogP contribution in [0.1, 0.15) is 11.4 Å². The second-order valence-electron chi connectivity index (χ2n) is 9.63. The van der Waals surface area contributed by atoms with Gasteiger partial charge in [0.1, 0.15) is 5.82 Å². The summed E-state index contributed by atoms with van der Waals surface area (Å²) < 4.78 is 1.81. The molecule has 2 aromatic heterocycles. The van der Waals surface area contributed by atoms with Gasteiger partial charge in [-0.05, 0) is 62.0 Å². The van der Waals surface area contributed by atoms with Gasteiger partial charge in [0.25, 0.3) is 5.56 Å². The number of amides is 1. The summed E-state index contributed by atoms with van der Waals surface area (Å²) in [5, 5.41) is 8.88. The van der Waals surface area contributed by atoms with Gasteiger partial charge in [0.05, 0.1) is 22.6 Å². The van der Waals surface area contributed by atoms with Gasteiger partial charge in [-0.3, -0.25) is 19.3 Å². The molecule has 0 saturated carbocycles. The minimum Gasteiger partial charge on any atom is -0.338 e. The maximum absolute atomic E-state index is 13.8. The normalized spacial score (nSPS) is 14.1. The molecule has 0 aliphatic carbocycles. The zero-order valence-electron chi connectivity index (χ0n) is 20.4. The number of likely N-dealkylation sites (N-methyl/N-ethyl adjacent to an activating group) is 1. The van der Waals surface area contributed by atoms with Crippen LogP contribution in [0.25, 0.3) is 32.9 Å². The molecule has 5 rings (SSSR count). The molecule has 2 aromatic carbocycles. The molecule has 1 aliphatic rings. The molecule has 1 aliphatic heterocycles. The minimum atomic E-state index is -0.0480. The van der Waals surface area contributed by atoms with Gasteiger partial charge in [-0.15, -0.1) is 0 Å². The first-order chi connectivity index (χ1) is 16.9. The predicted molar refractivity (Wildman–Crippen MR) is 138 cm³/mol. The number of aryl methyl sites for hydroxylation is 1. The quantitative estimate of drug-likeness (QED) is 0.420. The van der Waals surface area contributed by atoms with Crippen molar-refractivity contribution in [3.63, 3.8) is 0 Å². The number of carbonyl (C=O) groups is 1. The summed E-state index contributed by atoms with van der Waals surface area (Å²) in [5.74, 6) is 1.02. The van der Waals surface area contributed by atoms with Crippen LogP contribution in [0.4, 0.5) is 0 Å². The van der Waals surface area contributed by atoms with Crippen molar-refractivity contribution in [2.75, 3.05) is 33.7 Å². The SMILES string of the molecule is C=CC(=O)N1CC(Cc2nc3ccc(-c4c(C)ccc5[nH]ncc45)cc3c(=O)n2CCN(C)C)C1. The standard InChI is InChI=1S/C27H30N6O2/c1-5-25(34)32-15-18(16-32)12-24-29-22-9-7-19(13-20(22)27(35)33(24)11-10-31(3)4)26-17(2)6-8-23-21(26)14-28-30-23/h5-9,13-14,18H,1,10-12,15-16H2,2-4H3,(H,28,30). The highest BCUT2D eigenvalue weighted by Crippen LogP contribution is 2.32. The Labute approximate surface area is 203 Å². The average molecular weight is 471 g/mol. The predicted octanol–water partition coefficient (Wildman–Crippen LogP) is 3.00. The van der Waals surface area contributed by atoms with Crippen molar-refractivity contribution in [2.24, 2.45) is 5.92 Å². The fourth-order valence-corrected chi connectivity index (χ4v) is 4.88. The van der Waals surface area contributed by atoms with Crippen molar-refractivity contribution in [3.8, 4) is 11.1 Å². The Balaban J connectivity index is 1.56. The molecule has 35 heavy (non-hydrogen) atoms. The molecule has 3 heterocycles. The second-order valence-corrected chi connectivity index (χ2v) is 9.63. The first kappa shape index (κ1) is 23.0. The third kappa shape index (κ3) is 4.25. The number of fused-ring (bicyclic) bond motifs is 2. The van der Waals surface area contributed by atoms with E-state index in [1.165, 1.54) is 6.08 Å². The third-order valence-electron chi connectivity index (χ3n) is 6.84. The summed E-state index contributed by atoms with van der Waals surface area (Å²) >= 11 is 0. The smallest absolute Gasteiger partial charge is 0.261 e. The lowest BCUT2D eigenvalue weighted by Gasteiger charge is -2.38. The molecule has 0 radical (unpaired) electrons. The van der Waals surface area contributed by atoms with Crippen LogP contribution in [0.3, 0.4) is 0 Å². The Morgan fingerprint density at radius 1 is 1.23 bits per heavy atom. The highest BCUT2D eigenvalue weighted by atomic mass is 16.2. The lowest BCUT2D eigenvalue weighted by atomic mass is 9.95. The number of hydrogen-bond acceptors (Lipinski definition) is 5. The first-order valence-corrected chi connectivity index (χ1v) is 11.9. The van der Waals surface area contributed by atoms with Crippen molar-refractivity contribution in [1.82, 2.24) is 29.5 Å². The largest absolute Gasteiger partial charge is 0.338 e. The molecule has 180 valence electrons. The number of H-pyrrole nitrogens is 1. The molecule has 0 bridgehead atoms. The van der Waals surface area contributed by atoms with Gasteiger partial charge >= 0.3 is 0 Å². The molecule has 8 nitrogen and oxygen atoms in total. The van der Waals surface area contributed by atoms with E-state index in [0.717, 1.165) is 40.0 Å². The number of likely N-dealkylation sites (tertiary alicyclic amines) is 1. The van der Waals surface area contributed by atoms with Gasteiger partial charge in [0.2, 0.25) is 5.91 Å². The van der Waals surface area contributed by atoms with Gasteiger partial charge in [-0.1, -0.05) is 18.7 Å². The van der Waals surface area contributed by atoms with E-state index in [-0.39, 0.29) is 17.4 Å². The zero-order chi connectivity index (χ0) is 24.7. The van der Waals surface area contributed by atoms with Crippen molar-refractivity contribution in [3.05, 3.63) is 70.9 Å². The summed E-state index contributed by atoms with van der Waals surface area (Å²) in [4.78, 5) is 34.4. The summed E-state index contributed by atoms with van der Waals surface area (Å²) in [6, 6.07) is 10.0. The van der Waals surface area contributed by atoms with Crippen LogP contribution in [0.5, 0.6) is 0 Å². The summed E-state index contributed by atoms with van der Waals surface area (Å²) in [6.45, 7) is 8.26. The highest BCUT2D eigenvalue weighted by molar-refractivity contribution is 5.98. The van der Waals surface area contributed by atoms with E-state index in [1.54, 1.807) is 4.90 Å². The molecular formula is C27H30N6O2. The van der Waals surface area contributed by atoms with E-state index in [1.807, 2.05) is 49.1 Å². The topological polar surface area (TPSA) is 87.1 Å². The highest BCUT2D eigenvalue weighted by Gasteiger charge is 2.30. The van der Waals surface area contributed by atoms with Crippen LogP contribution < -0.4 is 5.56 Å². The molecular weight excluding hydrogens is 440 g/mol. The van der Waals surface area contributed by atoms with Gasteiger partial charge in [0, 0.05) is 43.9 Å². The Hall–Kier alpha value is -3.78. The fourth-order valence-electron chi connectivity index (χ4n) is 4.88. The number of aromatic amines is 1. The van der Waals surface area contributed by atoms with Crippen LogP contribution in [-0.4, -0.2) is 69.2 Å². The van der Waals surface area contributed by atoms with Crippen LogP contribution in [0, 0.1) is 12.8 Å². The number of carbonyl (C=O) groups excluding carboxylic acids is 1. The Morgan fingerprint density at radius 3 is 2.77 bits per heavy atom. The maximum atomic E-state index is 13.8. The van der Waals surface area contributed by atoms with Crippen molar-refractivity contribution < 1.29 is 4.79 Å². The summed E-state index contributed by atoms with van der Waals surface area (Å²) in [7, 11) is 3.99. The van der Waals surface area contributed by atoms with Crippen molar-refractivity contribution in [1.29, 1.82) is 0 Å². The second kappa shape index (κ2) is 9.11. The maximum Gasteiger partial charge on any atom is 0.261 e.